The minimum absolute atomic E-state index is 0.0616. The van der Waals surface area contributed by atoms with Gasteiger partial charge in [0.25, 0.3) is 11.5 Å². The van der Waals surface area contributed by atoms with E-state index in [1.165, 1.54) is 6.07 Å². The molecule has 0 bridgehead atoms. The summed E-state index contributed by atoms with van der Waals surface area (Å²) in [6.07, 6.45) is 4.95. The standard InChI is InChI=1S/C24H26N4O3/c1-16(2)28-11-8-17(14-21(28)29)23(30)27-12-9-24(10-13-27)19-15-25-26(3)22(19)18-6-4-5-7-20(18)31-24/h4-8,11,14-16H,9-10,12-13H2,1-3H3. The summed E-state index contributed by atoms with van der Waals surface area (Å²) in [6.45, 7) is 5.01. The van der Waals surface area contributed by atoms with E-state index in [0.717, 1.165) is 22.6 Å². The highest BCUT2D eigenvalue weighted by atomic mass is 16.5. The molecule has 1 aromatic carbocycles. The van der Waals surface area contributed by atoms with Gasteiger partial charge in [0.2, 0.25) is 0 Å². The Hall–Kier alpha value is -3.35. The van der Waals surface area contributed by atoms with Crippen molar-refractivity contribution in [1.29, 1.82) is 0 Å². The van der Waals surface area contributed by atoms with E-state index in [-0.39, 0.29) is 17.5 Å². The Labute approximate surface area is 180 Å². The summed E-state index contributed by atoms with van der Waals surface area (Å²) < 4.78 is 10.1. The smallest absolute Gasteiger partial charge is 0.254 e. The van der Waals surface area contributed by atoms with E-state index in [1.807, 2.05) is 54.9 Å². The summed E-state index contributed by atoms with van der Waals surface area (Å²) >= 11 is 0. The fourth-order valence-electron chi connectivity index (χ4n) is 4.78. The predicted molar refractivity (Wildman–Crippen MR) is 117 cm³/mol. The molecule has 3 aromatic rings. The van der Waals surface area contributed by atoms with Crippen LogP contribution < -0.4 is 10.3 Å². The Morgan fingerprint density at radius 1 is 1.16 bits per heavy atom. The first-order valence-corrected chi connectivity index (χ1v) is 10.7. The maximum atomic E-state index is 13.1. The molecule has 1 saturated heterocycles. The maximum absolute atomic E-state index is 13.1. The van der Waals surface area contributed by atoms with Crippen molar-refractivity contribution in [3.8, 4) is 17.0 Å². The number of para-hydroxylation sites is 1. The molecule has 2 aromatic heterocycles. The van der Waals surface area contributed by atoms with Crippen LogP contribution in [0.5, 0.6) is 5.75 Å². The molecule has 1 spiro atoms. The molecule has 31 heavy (non-hydrogen) atoms. The lowest BCUT2D eigenvalue weighted by Gasteiger charge is -2.44. The van der Waals surface area contributed by atoms with Gasteiger partial charge in [0, 0.05) is 68.0 Å². The Balaban J connectivity index is 1.40. The van der Waals surface area contributed by atoms with Crippen LogP contribution in [0.4, 0.5) is 0 Å². The van der Waals surface area contributed by atoms with Gasteiger partial charge in [-0.25, -0.2) is 0 Å². The SMILES string of the molecule is CC(C)n1ccc(C(=O)N2CCC3(CC2)Oc2ccccc2-c2c3cnn2C)cc1=O. The molecule has 1 fully saturated rings. The van der Waals surface area contributed by atoms with E-state index in [4.69, 9.17) is 4.74 Å². The van der Waals surface area contributed by atoms with Crippen molar-refractivity contribution in [3.05, 3.63) is 70.3 Å². The number of hydrogen-bond donors (Lipinski definition) is 0. The van der Waals surface area contributed by atoms with Crippen molar-refractivity contribution in [3.63, 3.8) is 0 Å². The molecular formula is C24H26N4O3. The van der Waals surface area contributed by atoms with Crippen LogP contribution in [0.2, 0.25) is 0 Å². The lowest BCUT2D eigenvalue weighted by atomic mass is 9.81. The van der Waals surface area contributed by atoms with Gasteiger partial charge >= 0.3 is 0 Å². The number of piperidine rings is 1. The molecule has 0 atom stereocenters. The number of carbonyl (C=O) groups is 1. The lowest BCUT2D eigenvalue weighted by Crippen LogP contribution is -2.49. The van der Waals surface area contributed by atoms with Crippen LogP contribution in [0.25, 0.3) is 11.3 Å². The zero-order chi connectivity index (χ0) is 21.8. The summed E-state index contributed by atoms with van der Waals surface area (Å²) in [5.41, 5.74) is 3.01. The second-order valence-corrected chi connectivity index (χ2v) is 8.67. The first kappa shape index (κ1) is 19.6. The van der Waals surface area contributed by atoms with E-state index in [0.29, 0.717) is 31.5 Å². The van der Waals surface area contributed by atoms with Gasteiger partial charge < -0.3 is 14.2 Å². The Kier molecular flexibility index (Phi) is 4.50. The van der Waals surface area contributed by atoms with Crippen LogP contribution in [0, 0.1) is 0 Å². The largest absolute Gasteiger partial charge is 0.482 e. The normalized spacial score (nSPS) is 16.7. The summed E-state index contributed by atoms with van der Waals surface area (Å²) in [4.78, 5) is 27.2. The minimum atomic E-state index is -0.490. The van der Waals surface area contributed by atoms with Gasteiger partial charge in [-0.15, -0.1) is 0 Å². The molecule has 7 heteroatoms. The minimum Gasteiger partial charge on any atom is -0.482 e. The van der Waals surface area contributed by atoms with Gasteiger partial charge in [0.05, 0.1) is 11.9 Å². The number of fused-ring (bicyclic) bond motifs is 4. The number of likely N-dealkylation sites (tertiary alicyclic amines) is 1. The molecule has 0 aliphatic carbocycles. The molecule has 0 unspecified atom stereocenters. The van der Waals surface area contributed by atoms with Crippen molar-refractivity contribution in [2.45, 2.75) is 38.3 Å². The van der Waals surface area contributed by atoms with E-state index in [2.05, 4.69) is 11.2 Å². The molecule has 0 saturated carbocycles. The quantitative estimate of drug-likeness (QED) is 0.640. The van der Waals surface area contributed by atoms with Crippen molar-refractivity contribution in [2.24, 2.45) is 7.05 Å². The van der Waals surface area contributed by atoms with Gasteiger partial charge in [-0.1, -0.05) is 12.1 Å². The van der Waals surface area contributed by atoms with Crippen LogP contribution in [0.3, 0.4) is 0 Å². The van der Waals surface area contributed by atoms with Crippen LogP contribution in [-0.4, -0.2) is 38.2 Å². The van der Waals surface area contributed by atoms with Crippen molar-refractivity contribution < 1.29 is 9.53 Å². The van der Waals surface area contributed by atoms with E-state index < -0.39 is 5.60 Å². The fourth-order valence-corrected chi connectivity index (χ4v) is 4.78. The zero-order valence-electron chi connectivity index (χ0n) is 18.0. The molecule has 4 heterocycles. The monoisotopic (exact) mass is 418 g/mol. The van der Waals surface area contributed by atoms with Gasteiger partial charge in [-0.05, 0) is 32.0 Å². The first-order chi connectivity index (χ1) is 14.9. The zero-order valence-corrected chi connectivity index (χ0v) is 18.0. The summed E-state index contributed by atoms with van der Waals surface area (Å²) in [5, 5.41) is 4.50. The Morgan fingerprint density at radius 3 is 2.61 bits per heavy atom. The number of ether oxygens (including phenoxy) is 1. The highest BCUT2D eigenvalue weighted by Gasteiger charge is 2.45. The van der Waals surface area contributed by atoms with Crippen LogP contribution in [-0.2, 0) is 12.6 Å². The second-order valence-electron chi connectivity index (χ2n) is 8.67. The number of rotatable bonds is 2. The van der Waals surface area contributed by atoms with Gasteiger partial charge in [-0.3, -0.25) is 14.3 Å². The number of carbonyl (C=O) groups excluding carboxylic acids is 1. The maximum Gasteiger partial charge on any atom is 0.254 e. The molecule has 0 radical (unpaired) electrons. The number of aromatic nitrogens is 3. The van der Waals surface area contributed by atoms with Crippen LogP contribution >= 0.6 is 0 Å². The second kappa shape index (κ2) is 7.11. The van der Waals surface area contributed by atoms with E-state index >= 15 is 0 Å². The topological polar surface area (TPSA) is 69.4 Å². The molecule has 7 nitrogen and oxygen atoms in total. The van der Waals surface area contributed by atoms with Gasteiger partial charge in [0.1, 0.15) is 11.4 Å². The summed E-state index contributed by atoms with van der Waals surface area (Å²) in [6, 6.07) is 11.3. The third kappa shape index (κ3) is 3.07. The summed E-state index contributed by atoms with van der Waals surface area (Å²) in [5.74, 6) is 0.751. The molecule has 160 valence electrons. The molecule has 1 amide bonds. The number of benzene rings is 1. The van der Waals surface area contributed by atoms with Crippen LogP contribution in [0.1, 0.15) is 48.7 Å². The number of pyridine rings is 1. The summed E-state index contributed by atoms with van der Waals surface area (Å²) in [7, 11) is 1.95. The third-order valence-corrected chi connectivity index (χ3v) is 6.49. The lowest BCUT2D eigenvalue weighted by molar-refractivity contribution is -0.00173. The Bertz CT molecular complexity index is 1220. The van der Waals surface area contributed by atoms with Crippen molar-refractivity contribution in [1.82, 2.24) is 19.2 Å². The average Bonchev–Trinajstić information content (AvgIpc) is 3.16. The Morgan fingerprint density at radius 2 is 1.90 bits per heavy atom. The molecule has 5 rings (SSSR count). The molecule has 2 aliphatic rings. The predicted octanol–water partition coefficient (Wildman–Crippen LogP) is 3.35. The number of nitrogens with zero attached hydrogens (tertiary/aromatic N) is 4. The highest BCUT2D eigenvalue weighted by molar-refractivity contribution is 5.94. The van der Waals surface area contributed by atoms with Gasteiger partial charge in [-0.2, -0.15) is 5.10 Å². The van der Waals surface area contributed by atoms with Crippen LogP contribution in [0.15, 0.2) is 53.6 Å². The third-order valence-electron chi connectivity index (χ3n) is 6.49. The first-order valence-electron chi connectivity index (χ1n) is 10.7. The molecule has 2 aliphatic heterocycles. The average molecular weight is 418 g/mol. The highest BCUT2D eigenvalue weighted by Crippen LogP contribution is 2.49. The number of aryl methyl sites for hydroxylation is 1. The van der Waals surface area contributed by atoms with Gasteiger partial charge in [0.15, 0.2) is 0 Å². The van der Waals surface area contributed by atoms with Crippen molar-refractivity contribution in [2.75, 3.05) is 13.1 Å². The fraction of sp³-hybridized carbons (Fsp3) is 0.375. The number of hydrogen-bond acceptors (Lipinski definition) is 4. The van der Waals surface area contributed by atoms with E-state index in [9.17, 15) is 9.59 Å². The molecule has 0 N–H and O–H groups in total. The van der Waals surface area contributed by atoms with E-state index in [1.54, 1.807) is 16.8 Å². The molecular weight excluding hydrogens is 392 g/mol. The number of amides is 1. The van der Waals surface area contributed by atoms with Crippen molar-refractivity contribution >= 4 is 5.91 Å².